The Labute approximate surface area is 391 Å². The van der Waals surface area contributed by atoms with E-state index in [0.29, 0.717) is 4.90 Å². The van der Waals surface area contributed by atoms with Gasteiger partial charge in [0.1, 0.15) is 0 Å². The summed E-state index contributed by atoms with van der Waals surface area (Å²) in [5.41, 5.74) is 5.72. The molecule has 0 fully saturated rings. The average Bonchev–Trinajstić information content (AvgIpc) is 3.18. The number of carboxylic acids is 1. The third kappa shape index (κ3) is 50.7. The Bertz CT molecular complexity index is 857. The normalized spacial score (nSPS) is 10.6. The topological polar surface area (TPSA) is 98.3 Å². The van der Waals surface area contributed by atoms with Crippen LogP contribution < -0.4 is 11.9 Å². The van der Waals surface area contributed by atoms with Gasteiger partial charge >= 0.3 is 5.97 Å². The molecule has 0 atom stereocenters. The zero-order valence-corrected chi connectivity index (χ0v) is 44.7. The number of hydrogen-bond donors (Lipinski definition) is 4. The summed E-state index contributed by atoms with van der Waals surface area (Å²) in [4.78, 5) is 10.9. The lowest BCUT2D eigenvalue weighted by Gasteiger charge is -2.24. The van der Waals surface area contributed by atoms with Crippen LogP contribution in [0.5, 0.6) is 0 Å². The van der Waals surface area contributed by atoms with Gasteiger partial charge in [-0.2, -0.15) is 0 Å². The molecule has 0 spiro atoms. The van der Waals surface area contributed by atoms with Crippen LogP contribution in [-0.4, -0.2) is 42.8 Å². The summed E-state index contributed by atoms with van der Waals surface area (Å²) in [6.45, 7) is 12.9. The van der Waals surface area contributed by atoms with E-state index in [1.165, 1.54) is 224 Å². The molecule has 58 heavy (non-hydrogen) atoms. The number of aromatic carboxylic acids is 1. The average molecular weight is 988 g/mol. The molecular formula is C50H104Br2N2O2PS+. The fourth-order valence-electron chi connectivity index (χ4n) is 7.50. The number of hydrogen-bond acceptors (Lipinski definition) is 4. The summed E-state index contributed by atoms with van der Waals surface area (Å²) in [7, 11) is -0.636. The van der Waals surface area contributed by atoms with E-state index in [1.807, 2.05) is 0 Å². The van der Waals surface area contributed by atoms with Crippen molar-refractivity contribution in [3.8, 4) is 0 Å². The van der Waals surface area contributed by atoms with E-state index in [-0.39, 0.29) is 45.7 Å². The molecule has 0 aliphatic heterocycles. The molecule has 1 aromatic rings. The first-order valence-electron chi connectivity index (χ1n) is 24.4. The van der Waals surface area contributed by atoms with Crippen LogP contribution in [0.25, 0.3) is 0 Å². The first-order valence-corrected chi connectivity index (χ1v) is 27.6. The molecule has 0 saturated heterocycles. The highest BCUT2D eigenvalue weighted by atomic mass is 79.9. The lowest BCUT2D eigenvalue weighted by atomic mass is 10.0. The molecule has 1 aromatic carbocycles. The monoisotopic (exact) mass is 986 g/mol. The Kier molecular flexibility index (Phi) is 64.4. The Balaban J connectivity index is -0.000000256. The van der Waals surface area contributed by atoms with E-state index >= 15 is 0 Å². The molecule has 0 radical (unpaired) electrons. The Hall–Kier alpha value is 0.350. The van der Waals surface area contributed by atoms with Crippen LogP contribution in [0.1, 0.15) is 256 Å². The summed E-state index contributed by atoms with van der Waals surface area (Å²) >= 11 is 3.96. The Morgan fingerprint density at radius 3 is 0.948 bits per heavy atom. The zero-order chi connectivity index (χ0) is 40.9. The molecular weight excluding hydrogens is 883 g/mol. The van der Waals surface area contributed by atoms with E-state index in [1.54, 1.807) is 36.7 Å². The highest BCUT2D eigenvalue weighted by Crippen LogP contribution is 2.57. The molecule has 4 nitrogen and oxygen atoms in total. The van der Waals surface area contributed by atoms with Crippen molar-refractivity contribution in [2.75, 3.05) is 31.7 Å². The molecule has 0 amide bonds. The predicted molar refractivity (Wildman–Crippen MR) is 282 cm³/mol. The van der Waals surface area contributed by atoms with Crippen molar-refractivity contribution in [3.63, 3.8) is 0 Å². The van der Waals surface area contributed by atoms with Gasteiger partial charge in [-0.25, -0.2) is 4.79 Å². The van der Waals surface area contributed by atoms with Gasteiger partial charge in [-0.3, -0.25) is 0 Å². The number of halogens is 2. The number of benzene rings is 1. The maximum atomic E-state index is 10.4. The molecule has 1 rings (SSSR count). The van der Waals surface area contributed by atoms with E-state index < -0.39 is 13.2 Å². The number of thiol groups is 1. The van der Waals surface area contributed by atoms with Crippen molar-refractivity contribution in [2.24, 2.45) is 5.73 Å². The van der Waals surface area contributed by atoms with Crippen LogP contribution >= 0.6 is 53.9 Å². The Morgan fingerprint density at radius 1 is 0.483 bits per heavy atom. The van der Waals surface area contributed by atoms with Gasteiger partial charge in [-0.1, -0.05) is 213 Å². The van der Waals surface area contributed by atoms with E-state index in [9.17, 15) is 4.79 Å². The minimum atomic E-state index is -0.939. The lowest BCUT2D eigenvalue weighted by Crippen LogP contribution is -2.08. The van der Waals surface area contributed by atoms with Crippen molar-refractivity contribution < 1.29 is 9.90 Å². The molecule has 0 saturated carbocycles. The first-order chi connectivity index (χ1) is 26.8. The van der Waals surface area contributed by atoms with E-state index in [4.69, 9.17) is 10.8 Å². The SMILES string of the molecule is Br.Br.CCCCCCCCCCCCCCCCCCN.CCCCCCCC[P+](C)(CCCCCCCC)CCCCCCCC.N.O=C(O)c1ccccc1S. The molecule has 0 aliphatic carbocycles. The largest absolute Gasteiger partial charge is 0.478 e. The first kappa shape index (κ1) is 67.4. The van der Waals surface area contributed by atoms with Gasteiger partial charge in [0, 0.05) is 18.8 Å². The van der Waals surface area contributed by atoms with Crippen LogP contribution in [0.2, 0.25) is 0 Å². The summed E-state index contributed by atoms with van der Waals surface area (Å²) in [5.74, 6) is -0.939. The molecule has 0 aliphatic rings. The Morgan fingerprint density at radius 2 is 0.724 bits per heavy atom. The second-order valence-corrected chi connectivity index (χ2v) is 22.1. The minimum Gasteiger partial charge on any atom is -0.478 e. The van der Waals surface area contributed by atoms with E-state index in [0.717, 1.165) is 6.54 Å². The molecule has 0 bridgehead atoms. The maximum Gasteiger partial charge on any atom is 0.336 e. The van der Waals surface area contributed by atoms with Crippen LogP contribution in [0, 0.1) is 0 Å². The fraction of sp³-hybridized carbons (Fsp3) is 0.860. The summed E-state index contributed by atoms with van der Waals surface area (Å²) in [6, 6.07) is 6.58. The quantitative estimate of drug-likeness (QED) is 0.0301. The molecule has 0 heterocycles. The fourth-order valence-corrected chi connectivity index (χ4v) is 11.4. The van der Waals surface area contributed by atoms with Crippen LogP contribution in [0.3, 0.4) is 0 Å². The smallest absolute Gasteiger partial charge is 0.336 e. The lowest BCUT2D eigenvalue weighted by molar-refractivity contribution is 0.0693. The van der Waals surface area contributed by atoms with Gasteiger partial charge in [0.2, 0.25) is 0 Å². The van der Waals surface area contributed by atoms with Crippen LogP contribution in [0.15, 0.2) is 29.2 Å². The van der Waals surface area contributed by atoms with E-state index in [2.05, 4.69) is 47.0 Å². The highest BCUT2D eigenvalue weighted by Gasteiger charge is 2.29. The predicted octanol–water partition coefficient (Wildman–Crippen LogP) is 18.9. The summed E-state index contributed by atoms with van der Waals surface area (Å²) in [5, 5.41) is 8.52. The second-order valence-electron chi connectivity index (χ2n) is 17.0. The summed E-state index contributed by atoms with van der Waals surface area (Å²) in [6.07, 6.45) is 54.1. The third-order valence-electron chi connectivity index (χ3n) is 11.3. The number of nitrogens with two attached hydrogens (primary N) is 1. The van der Waals surface area contributed by atoms with Crippen molar-refractivity contribution in [1.29, 1.82) is 0 Å². The third-order valence-corrected chi connectivity index (χ3v) is 15.9. The van der Waals surface area contributed by atoms with Crippen molar-refractivity contribution >= 4 is 59.8 Å². The van der Waals surface area contributed by atoms with Gasteiger partial charge in [0.25, 0.3) is 0 Å². The van der Waals surface area contributed by atoms with Gasteiger partial charge in [-0.15, -0.1) is 46.6 Å². The molecule has 0 unspecified atom stereocenters. The number of carboxylic acid groups (broad SMARTS) is 1. The second kappa shape index (κ2) is 55.4. The van der Waals surface area contributed by atoms with Crippen LogP contribution in [-0.2, 0) is 0 Å². The molecule has 0 aromatic heterocycles. The standard InChI is InChI=1S/C25H54P.C18H39N.C7H6O2S.2BrH.H3N/c1-5-8-11-14-17-20-23-26(4,24-21-18-15-12-9-6-2)25-22-19-16-13-10-7-3;1-2-3-4-5-6-7-8-9-10-11-12-13-14-15-16-17-18-19;8-7(9)5-3-1-2-4-6(5)10;;;/h5-25H2,1-4H3;2-19H2,1H3;1-4,10H,(H,8,9);2*1H;1H3/q+1;;;;;. The number of carbonyl (C=O) groups is 1. The van der Waals surface area contributed by atoms with Crippen molar-refractivity contribution in [3.05, 3.63) is 29.8 Å². The van der Waals surface area contributed by atoms with Gasteiger partial charge < -0.3 is 17.0 Å². The summed E-state index contributed by atoms with van der Waals surface area (Å²) < 4.78 is 0. The number of rotatable bonds is 38. The van der Waals surface area contributed by atoms with Crippen LogP contribution in [0.4, 0.5) is 0 Å². The van der Waals surface area contributed by atoms with Gasteiger partial charge in [0.15, 0.2) is 0 Å². The van der Waals surface area contributed by atoms with Crippen molar-refractivity contribution in [2.45, 2.75) is 251 Å². The highest BCUT2D eigenvalue weighted by molar-refractivity contribution is 8.93. The zero-order valence-electron chi connectivity index (χ0n) is 39.5. The number of unbranched alkanes of at least 4 members (excludes halogenated alkanes) is 30. The molecule has 8 heteroatoms. The minimum absolute atomic E-state index is 0. The maximum absolute atomic E-state index is 10.4. The van der Waals surface area contributed by atoms with Crippen molar-refractivity contribution in [1.82, 2.24) is 6.15 Å². The van der Waals surface area contributed by atoms with Gasteiger partial charge in [0.05, 0.1) is 24.0 Å². The molecule has 6 N–H and O–H groups in total. The van der Waals surface area contributed by atoms with Gasteiger partial charge in [-0.05, 0) is 63.6 Å². The molecule has 350 valence electrons.